The van der Waals surface area contributed by atoms with Crippen LogP contribution in [0, 0.1) is 5.92 Å². The lowest BCUT2D eigenvalue weighted by Crippen LogP contribution is -2.23. The Bertz CT molecular complexity index is 507. The first-order chi connectivity index (χ1) is 9.54. The molecule has 0 spiro atoms. The highest BCUT2D eigenvalue weighted by Crippen LogP contribution is 2.27. The number of hydrogen-bond acceptors (Lipinski definition) is 4. The zero-order chi connectivity index (χ0) is 14.5. The number of hydrogen-bond donors (Lipinski definition) is 2. The standard InChI is InChI=1S/C16H20O4/c1-11-3-2-4-13(9-11)20-16(19)8-6-12-5-7-14(17)15(18)10-12/h5-8,10-11,13,17-18H,2-4,9H2,1H3/b8-6+. The number of phenols is 2. The zero-order valence-corrected chi connectivity index (χ0v) is 11.6. The molecular formula is C16H20O4. The average molecular weight is 276 g/mol. The van der Waals surface area contributed by atoms with Gasteiger partial charge in [-0.2, -0.15) is 0 Å². The van der Waals surface area contributed by atoms with E-state index in [9.17, 15) is 15.0 Å². The van der Waals surface area contributed by atoms with Crippen LogP contribution in [-0.2, 0) is 9.53 Å². The molecule has 0 aromatic heterocycles. The van der Waals surface area contributed by atoms with Crippen molar-refractivity contribution >= 4 is 12.0 Å². The number of phenolic OH excluding ortho intramolecular Hbond substituents is 2. The summed E-state index contributed by atoms with van der Waals surface area (Å²) in [5.41, 5.74) is 0.634. The number of carbonyl (C=O) groups is 1. The Morgan fingerprint density at radius 2 is 2.10 bits per heavy atom. The monoisotopic (exact) mass is 276 g/mol. The predicted octanol–water partition coefficient (Wildman–Crippen LogP) is 3.23. The quantitative estimate of drug-likeness (QED) is 0.505. The van der Waals surface area contributed by atoms with Gasteiger partial charge in [0.2, 0.25) is 0 Å². The van der Waals surface area contributed by atoms with Crippen LogP contribution in [0.3, 0.4) is 0 Å². The number of ether oxygens (including phenoxy) is 1. The van der Waals surface area contributed by atoms with E-state index in [1.165, 1.54) is 24.6 Å². The van der Waals surface area contributed by atoms with E-state index in [2.05, 4.69) is 6.92 Å². The molecule has 0 radical (unpaired) electrons. The van der Waals surface area contributed by atoms with Gasteiger partial charge in [0.15, 0.2) is 11.5 Å². The van der Waals surface area contributed by atoms with Crippen molar-refractivity contribution in [3.8, 4) is 11.5 Å². The second-order valence-corrected chi connectivity index (χ2v) is 5.41. The molecule has 108 valence electrons. The molecule has 20 heavy (non-hydrogen) atoms. The molecule has 1 aromatic carbocycles. The maximum atomic E-state index is 11.7. The normalized spacial score (nSPS) is 22.9. The Hall–Kier alpha value is -1.97. The van der Waals surface area contributed by atoms with Crippen molar-refractivity contribution in [3.63, 3.8) is 0 Å². The smallest absolute Gasteiger partial charge is 0.331 e. The van der Waals surface area contributed by atoms with Crippen LogP contribution in [-0.4, -0.2) is 22.3 Å². The summed E-state index contributed by atoms with van der Waals surface area (Å²) in [6, 6.07) is 4.38. The minimum atomic E-state index is -0.364. The highest BCUT2D eigenvalue weighted by atomic mass is 16.5. The van der Waals surface area contributed by atoms with Gasteiger partial charge in [-0.15, -0.1) is 0 Å². The third-order valence-electron chi connectivity index (χ3n) is 3.58. The molecule has 0 amide bonds. The molecule has 2 unspecified atom stereocenters. The van der Waals surface area contributed by atoms with Crippen LogP contribution in [0.4, 0.5) is 0 Å². The SMILES string of the molecule is CC1CCCC(OC(=O)/C=C/c2ccc(O)c(O)c2)C1. The van der Waals surface area contributed by atoms with Crippen molar-refractivity contribution in [2.24, 2.45) is 5.92 Å². The molecule has 1 aromatic rings. The van der Waals surface area contributed by atoms with Gasteiger partial charge in [-0.25, -0.2) is 4.79 Å². The maximum absolute atomic E-state index is 11.7. The van der Waals surface area contributed by atoms with Crippen LogP contribution in [0.15, 0.2) is 24.3 Å². The highest BCUT2D eigenvalue weighted by molar-refractivity contribution is 5.87. The summed E-state index contributed by atoms with van der Waals surface area (Å²) in [5.74, 6) is -0.140. The number of esters is 1. The molecule has 0 bridgehead atoms. The summed E-state index contributed by atoms with van der Waals surface area (Å²) in [6.45, 7) is 2.18. The van der Waals surface area contributed by atoms with E-state index in [0.717, 1.165) is 19.3 Å². The first kappa shape index (κ1) is 14.4. The minimum absolute atomic E-state index is 0.0177. The number of rotatable bonds is 3. The maximum Gasteiger partial charge on any atom is 0.331 e. The molecule has 0 aliphatic heterocycles. The summed E-state index contributed by atoms with van der Waals surface area (Å²) in [7, 11) is 0. The van der Waals surface area contributed by atoms with Crippen molar-refractivity contribution < 1.29 is 19.7 Å². The van der Waals surface area contributed by atoms with Crippen LogP contribution in [0.1, 0.15) is 38.2 Å². The van der Waals surface area contributed by atoms with E-state index in [0.29, 0.717) is 11.5 Å². The van der Waals surface area contributed by atoms with E-state index < -0.39 is 0 Å². The first-order valence-corrected chi connectivity index (χ1v) is 6.95. The van der Waals surface area contributed by atoms with Gasteiger partial charge >= 0.3 is 5.97 Å². The Balaban J connectivity index is 1.90. The van der Waals surface area contributed by atoms with Crippen LogP contribution in [0.5, 0.6) is 11.5 Å². The van der Waals surface area contributed by atoms with E-state index in [1.54, 1.807) is 12.1 Å². The van der Waals surface area contributed by atoms with E-state index in [-0.39, 0.29) is 23.6 Å². The summed E-state index contributed by atoms with van der Waals surface area (Å²) in [5, 5.41) is 18.6. The van der Waals surface area contributed by atoms with Crippen LogP contribution >= 0.6 is 0 Å². The molecule has 1 fully saturated rings. The van der Waals surface area contributed by atoms with Gasteiger partial charge in [0.25, 0.3) is 0 Å². The lowest BCUT2D eigenvalue weighted by molar-refractivity contribution is -0.144. The van der Waals surface area contributed by atoms with Crippen molar-refractivity contribution in [2.75, 3.05) is 0 Å². The first-order valence-electron chi connectivity index (χ1n) is 6.95. The van der Waals surface area contributed by atoms with Crippen molar-refractivity contribution in [2.45, 2.75) is 38.7 Å². The predicted molar refractivity (Wildman–Crippen MR) is 76.3 cm³/mol. The lowest BCUT2D eigenvalue weighted by atomic mass is 9.89. The van der Waals surface area contributed by atoms with Crippen molar-refractivity contribution in [1.29, 1.82) is 0 Å². The highest BCUT2D eigenvalue weighted by Gasteiger charge is 2.21. The largest absolute Gasteiger partial charge is 0.504 e. The van der Waals surface area contributed by atoms with Crippen molar-refractivity contribution in [1.82, 2.24) is 0 Å². The molecule has 1 saturated carbocycles. The van der Waals surface area contributed by atoms with Crippen LogP contribution in [0.25, 0.3) is 6.08 Å². The fourth-order valence-corrected chi connectivity index (χ4v) is 2.50. The third kappa shape index (κ3) is 4.02. The Labute approximate surface area is 118 Å². The fourth-order valence-electron chi connectivity index (χ4n) is 2.50. The Morgan fingerprint density at radius 1 is 1.30 bits per heavy atom. The van der Waals surface area contributed by atoms with E-state index in [1.807, 2.05) is 0 Å². The van der Waals surface area contributed by atoms with Gasteiger partial charge in [0.1, 0.15) is 6.10 Å². The second-order valence-electron chi connectivity index (χ2n) is 5.41. The van der Waals surface area contributed by atoms with E-state index in [4.69, 9.17) is 4.74 Å². The number of benzene rings is 1. The second kappa shape index (κ2) is 6.46. The summed E-state index contributed by atoms with van der Waals surface area (Å²) >= 11 is 0. The molecule has 4 heteroatoms. The van der Waals surface area contributed by atoms with Gasteiger partial charge in [-0.05, 0) is 49.0 Å². The topological polar surface area (TPSA) is 66.8 Å². The van der Waals surface area contributed by atoms with Crippen molar-refractivity contribution in [3.05, 3.63) is 29.8 Å². The molecular weight excluding hydrogens is 256 g/mol. The summed E-state index contributed by atoms with van der Waals surface area (Å²) in [6.07, 6.45) is 7.11. The average Bonchev–Trinajstić information content (AvgIpc) is 2.40. The third-order valence-corrected chi connectivity index (χ3v) is 3.58. The molecule has 0 heterocycles. The molecule has 0 saturated heterocycles. The van der Waals surface area contributed by atoms with Crippen LogP contribution < -0.4 is 0 Å². The molecule has 4 nitrogen and oxygen atoms in total. The Morgan fingerprint density at radius 3 is 2.80 bits per heavy atom. The van der Waals surface area contributed by atoms with Crippen LogP contribution in [0.2, 0.25) is 0 Å². The summed E-state index contributed by atoms with van der Waals surface area (Å²) < 4.78 is 5.40. The summed E-state index contributed by atoms with van der Waals surface area (Å²) in [4.78, 5) is 11.7. The van der Waals surface area contributed by atoms with Gasteiger partial charge in [0.05, 0.1) is 0 Å². The van der Waals surface area contributed by atoms with Gasteiger partial charge in [-0.1, -0.05) is 19.4 Å². The molecule has 2 atom stereocenters. The number of carbonyl (C=O) groups excluding carboxylic acids is 1. The van der Waals surface area contributed by atoms with Gasteiger partial charge < -0.3 is 14.9 Å². The van der Waals surface area contributed by atoms with Gasteiger partial charge in [0, 0.05) is 6.08 Å². The molecule has 1 aliphatic carbocycles. The Kier molecular flexibility index (Phi) is 4.66. The fraction of sp³-hybridized carbons (Fsp3) is 0.438. The lowest BCUT2D eigenvalue weighted by Gasteiger charge is -2.25. The molecule has 2 rings (SSSR count). The van der Waals surface area contributed by atoms with Gasteiger partial charge in [-0.3, -0.25) is 0 Å². The molecule has 2 N–H and O–H groups in total. The zero-order valence-electron chi connectivity index (χ0n) is 11.6. The molecule has 1 aliphatic rings. The minimum Gasteiger partial charge on any atom is -0.504 e. The number of aromatic hydroxyl groups is 2. The van der Waals surface area contributed by atoms with E-state index >= 15 is 0 Å².